The van der Waals surface area contributed by atoms with Crippen LogP contribution < -0.4 is 5.32 Å². The highest BCUT2D eigenvalue weighted by Crippen LogP contribution is 2.41. The summed E-state index contributed by atoms with van der Waals surface area (Å²) in [7, 11) is 4.17. The van der Waals surface area contributed by atoms with Crippen LogP contribution in [0.2, 0.25) is 5.02 Å². The minimum Gasteiger partial charge on any atom is -0.352 e. The van der Waals surface area contributed by atoms with Gasteiger partial charge in [-0.1, -0.05) is 29.8 Å². The lowest BCUT2D eigenvalue weighted by molar-refractivity contribution is 0.277. The number of hydrogen-bond donors (Lipinski definition) is 1. The van der Waals surface area contributed by atoms with Crippen LogP contribution in [0.3, 0.4) is 0 Å². The minimum atomic E-state index is -0.0175. The molecule has 0 aliphatic carbocycles. The second-order valence-electron chi connectivity index (χ2n) is 8.24. The van der Waals surface area contributed by atoms with Gasteiger partial charge in [0, 0.05) is 30.7 Å². The predicted molar refractivity (Wildman–Crippen MR) is 131 cm³/mol. The lowest BCUT2D eigenvalue weighted by atomic mass is 9.97. The highest BCUT2D eigenvalue weighted by atomic mass is 35.5. The quantitative estimate of drug-likeness (QED) is 0.548. The number of pyridine rings is 1. The van der Waals surface area contributed by atoms with Crippen LogP contribution in [0.25, 0.3) is 5.69 Å². The molecule has 3 aromatic rings. The van der Waals surface area contributed by atoms with Crippen molar-refractivity contribution in [1.29, 1.82) is 0 Å². The molecular weight excluding hydrogens is 426 g/mol. The smallest absolute Gasteiger partial charge is 0.170 e. The third kappa shape index (κ3) is 4.20. The van der Waals surface area contributed by atoms with Gasteiger partial charge in [-0.3, -0.25) is 4.98 Å². The molecule has 2 atom stereocenters. The lowest BCUT2D eigenvalue weighted by Gasteiger charge is -2.29. The molecule has 0 saturated carbocycles. The minimum absolute atomic E-state index is 0.0175. The van der Waals surface area contributed by atoms with Crippen LogP contribution in [0.15, 0.2) is 54.7 Å². The van der Waals surface area contributed by atoms with Gasteiger partial charge in [0.2, 0.25) is 0 Å². The summed E-state index contributed by atoms with van der Waals surface area (Å²) >= 11 is 12.3. The van der Waals surface area contributed by atoms with Gasteiger partial charge in [0.15, 0.2) is 5.11 Å². The van der Waals surface area contributed by atoms with Gasteiger partial charge in [-0.25, -0.2) is 0 Å². The molecule has 1 saturated heterocycles. The number of para-hydroxylation sites is 1. The largest absolute Gasteiger partial charge is 0.352 e. The van der Waals surface area contributed by atoms with Crippen molar-refractivity contribution in [1.82, 2.24) is 24.7 Å². The Morgan fingerprint density at radius 1 is 1.13 bits per heavy atom. The maximum Gasteiger partial charge on any atom is 0.170 e. The van der Waals surface area contributed by atoms with E-state index >= 15 is 0 Å². The Bertz CT molecular complexity index is 1080. The maximum atomic E-state index is 6.55. The third-order valence-corrected chi connectivity index (χ3v) is 6.54. The van der Waals surface area contributed by atoms with E-state index < -0.39 is 0 Å². The van der Waals surface area contributed by atoms with Crippen molar-refractivity contribution in [2.45, 2.75) is 25.9 Å². The standard InChI is InChI=1S/C24H28ClN5S/c1-16-15-18(17(2)30(16)21-11-6-5-9-19(21)25)23-22(20-10-7-8-12-26-20)27-24(31)29(23)14-13-28(3)4/h5-12,15,22-23H,13-14H2,1-4H3,(H,27,31)/t22-,23-/m1/s1. The molecule has 162 valence electrons. The lowest BCUT2D eigenvalue weighted by Crippen LogP contribution is -2.35. The van der Waals surface area contributed by atoms with Crippen molar-refractivity contribution in [3.8, 4) is 5.69 Å². The fourth-order valence-electron chi connectivity index (χ4n) is 4.38. The zero-order chi connectivity index (χ0) is 22.1. The first-order valence-corrected chi connectivity index (χ1v) is 11.2. The first-order chi connectivity index (χ1) is 14.9. The summed E-state index contributed by atoms with van der Waals surface area (Å²) in [5.41, 5.74) is 5.53. The Kier molecular flexibility index (Phi) is 6.32. The number of thiocarbonyl (C=S) groups is 1. The molecule has 2 aromatic heterocycles. The topological polar surface area (TPSA) is 36.3 Å². The van der Waals surface area contributed by atoms with Crippen molar-refractivity contribution in [3.05, 3.63) is 82.4 Å². The van der Waals surface area contributed by atoms with Crippen LogP contribution in [-0.4, -0.2) is 51.6 Å². The second-order valence-corrected chi connectivity index (χ2v) is 9.03. The summed E-state index contributed by atoms with van der Waals surface area (Å²) < 4.78 is 2.23. The summed E-state index contributed by atoms with van der Waals surface area (Å²) in [4.78, 5) is 9.13. The van der Waals surface area contributed by atoms with E-state index in [-0.39, 0.29) is 12.1 Å². The monoisotopic (exact) mass is 453 g/mol. The molecule has 0 radical (unpaired) electrons. The van der Waals surface area contributed by atoms with Crippen molar-refractivity contribution >= 4 is 28.9 Å². The van der Waals surface area contributed by atoms with E-state index in [1.165, 1.54) is 5.56 Å². The molecule has 0 bridgehead atoms. The average Bonchev–Trinajstić information content (AvgIpc) is 3.23. The Morgan fingerprint density at radius 3 is 2.55 bits per heavy atom. The second kappa shape index (κ2) is 8.99. The number of aryl methyl sites for hydroxylation is 1. The fourth-order valence-corrected chi connectivity index (χ4v) is 4.94. The van der Waals surface area contributed by atoms with E-state index in [0.717, 1.165) is 46.0 Å². The van der Waals surface area contributed by atoms with Crippen LogP contribution in [0.1, 0.15) is 34.7 Å². The van der Waals surface area contributed by atoms with E-state index in [0.29, 0.717) is 0 Å². The average molecular weight is 454 g/mol. The van der Waals surface area contributed by atoms with Crippen molar-refractivity contribution in [2.75, 3.05) is 27.2 Å². The van der Waals surface area contributed by atoms with E-state index in [9.17, 15) is 0 Å². The molecule has 5 nitrogen and oxygen atoms in total. The molecule has 4 rings (SSSR count). The SMILES string of the molecule is Cc1cc([C@@H]2[C@@H](c3ccccn3)NC(=S)N2CCN(C)C)c(C)n1-c1ccccc1Cl. The molecule has 1 aromatic carbocycles. The zero-order valence-corrected chi connectivity index (χ0v) is 19.9. The van der Waals surface area contributed by atoms with Crippen molar-refractivity contribution < 1.29 is 0 Å². The molecule has 0 unspecified atom stereocenters. The van der Waals surface area contributed by atoms with Gasteiger partial charge in [0.25, 0.3) is 0 Å². The van der Waals surface area contributed by atoms with E-state index in [1.807, 2.05) is 36.5 Å². The number of likely N-dealkylation sites (N-methyl/N-ethyl adjacent to an activating group) is 1. The van der Waals surface area contributed by atoms with Crippen LogP contribution in [0.4, 0.5) is 0 Å². The van der Waals surface area contributed by atoms with Crippen LogP contribution in [0, 0.1) is 13.8 Å². The molecule has 1 fully saturated rings. The van der Waals surface area contributed by atoms with E-state index in [4.69, 9.17) is 23.8 Å². The summed E-state index contributed by atoms with van der Waals surface area (Å²) in [5.74, 6) is 0. The highest BCUT2D eigenvalue weighted by molar-refractivity contribution is 7.80. The number of halogens is 1. The number of nitrogens with zero attached hydrogens (tertiary/aromatic N) is 4. The fraction of sp³-hybridized carbons (Fsp3) is 0.333. The van der Waals surface area contributed by atoms with Crippen LogP contribution >= 0.6 is 23.8 Å². The molecule has 1 N–H and O–H groups in total. The molecule has 1 aliphatic rings. The predicted octanol–water partition coefficient (Wildman–Crippen LogP) is 4.68. The number of aromatic nitrogens is 2. The summed E-state index contributed by atoms with van der Waals surface area (Å²) in [6.07, 6.45) is 1.84. The molecule has 0 spiro atoms. The highest BCUT2D eigenvalue weighted by Gasteiger charge is 2.41. The molecule has 3 heterocycles. The number of nitrogens with one attached hydrogen (secondary N) is 1. The number of hydrogen-bond acceptors (Lipinski definition) is 3. The Labute approximate surface area is 194 Å². The molecule has 31 heavy (non-hydrogen) atoms. The van der Waals surface area contributed by atoms with Crippen molar-refractivity contribution in [2.24, 2.45) is 0 Å². The molecule has 0 amide bonds. The Hall–Kier alpha value is -2.41. The van der Waals surface area contributed by atoms with Crippen LogP contribution in [-0.2, 0) is 0 Å². The summed E-state index contributed by atoms with van der Waals surface area (Å²) in [5, 5.41) is 5.05. The van der Waals surface area contributed by atoms with Gasteiger partial charge in [-0.15, -0.1) is 0 Å². The Balaban J connectivity index is 1.82. The van der Waals surface area contributed by atoms with Gasteiger partial charge >= 0.3 is 0 Å². The van der Waals surface area contributed by atoms with Gasteiger partial charge in [0.05, 0.1) is 28.5 Å². The zero-order valence-electron chi connectivity index (χ0n) is 18.3. The summed E-state index contributed by atoms with van der Waals surface area (Å²) in [6, 6.07) is 16.3. The maximum absolute atomic E-state index is 6.55. The molecular formula is C24H28ClN5S. The first kappa shape index (κ1) is 21.8. The summed E-state index contributed by atoms with van der Waals surface area (Å²) in [6.45, 7) is 6.03. The normalized spacial score (nSPS) is 18.6. The Morgan fingerprint density at radius 2 is 1.87 bits per heavy atom. The molecule has 7 heteroatoms. The van der Waals surface area contributed by atoms with Crippen LogP contribution in [0.5, 0.6) is 0 Å². The van der Waals surface area contributed by atoms with Crippen molar-refractivity contribution in [3.63, 3.8) is 0 Å². The number of rotatable bonds is 6. The van der Waals surface area contributed by atoms with E-state index in [2.05, 4.69) is 70.8 Å². The van der Waals surface area contributed by atoms with Gasteiger partial charge in [-0.05, 0) is 76.1 Å². The van der Waals surface area contributed by atoms with E-state index in [1.54, 1.807) is 0 Å². The number of benzene rings is 1. The van der Waals surface area contributed by atoms with Gasteiger partial charge < -0.3 is 19.7 Å². The van der Waals surface area contributed by atoms with Gasteiger partial charge in [-0.2, -0.15) is 0 Å². The molecule has 1 aliphatic heterocycles. The third-order valence-electron chi connectivity index (χ3n) is 5.87. The van der Waals surface area contributed by atoms with Gasteiger partial charge in [0.1, 0.15) is 0 Å². The first-order valence-electron chi connectivity index (χ1n) is 10.4.